The Bertz CT molecular complexity index is 531. The van der Waals surface area contributed by atoms with Crippen LogP contribution in [0.2, 0.25) is 0 Å². The molecule has 7 nitrogen and oxygen atoms in total. The second-order valence-corrected chi connectivity index (χ2v) is 4.36. The molecule has 0 aromatic carbocycles. The van der Waals surface area contributed by atoms with Gasteiger partial charge in [0, 0.05) is 0 Å². The topological polar surface area (TPSA) is 84.9 Å². The number of hydrogen-bond donors (Lipinski definition) is 0. The number of carbonyl (C=O) groups excluding carboxylic acids is 1. The Balaban J connectivity index is 2.97. The van der Waals surface area contributed by atoms with Gasteiger partial charge in [0.05, 0.1) is 0 Å². The summed E-state index contributed by atoms with van der Waals surface area (Å²) >= 11 is 1.22. The maximum absolute atomic E-state index is 11.3. The molecule has 8 heteroatoms. The summed E-state index contributed by atoms with van der Waals surface area (Å²) in [4.78, 5) is 28.5. The molecule has 0 aliphatic carbocycles. The molecular formula is C12H13N6OW-. The Hall–Kier alpha value is -1.75. The van der Waals surface area contributed by atoms with Crippen molar-refractivity contribution in [3.63, 3.8) is 0 Å². The first-order chi connectivity index (χ1) is 9.60. The van der Waals surface area contributed by atoms with Crippen molar-refractivity contribution in [3.05, 3.63) is 24.0 Å². The van der Waals surface area contributed by atoms with Crippen LogP contribution in [0.1, 0.15) is 5.69 Å². The van der Waals surface area contributed by atoms with Gasteiger partial charge in [-0.1, -0.05) is 0 Å². The van der Waals surface area contributed by atoms with Gasteiger partial charge in [-0.3, -0.25) is 0 Å². The second-order valence-electron chi connectivity index (χ2n) is 3.60. The summed E-state index contributed by atoms with van der Waals surface area (Å²) in [5.74, 6) is 0.392. The zero-order valence-corrected chi connectivity index (χ0v) is 13.9. The first-order valence-corrected chi connectivity index (χ1v) is 7.26. The van der Waals surface area contributed by atoms with Crippen molar-refractivity contribution >= 4 is 35.3 Å². The molecule has 0 bridgehead atoms. The third-order valence-corrected chi connectivity index (χ3v) is 2.61. The van der Waals surface area contributed by atoms with E-state index in [0.29, 0.717) is 11.5 Å². The van der Waals surface area contributed by atoms with Crippen LogP contribution in [0.25, 0.3) is 5.32 Å². The predicted molar refractivity (Wildman–Crippen MR) is 75.4 cm³/mol. The Labute approximate surface area is 128 Å². The van der Waals surface area contributed by atoms with Crippen molar-refractivity contribution in [2.75, 3.05) is 18.0 Å². The van der Waals surface area contributed by atoms with Crippen LogP contribution < -0.4 is 4.90 Å². The normalized spacial score (nSPS) is 10.3. The number of anilines is 1. The van der Waals surface area contributed by atoms with Gasteiger partial charge in [-0.05, 0) is 0 Å². The number of rotatable bonds is 7. The SMILES string of the molecule is [CH]CN(CC(=O)N=C)c1cc(C)nc([N-]C=N[CH]=[W])n1. The van der Waals surface area contributed by atoms with Gasteiger partial charge < -0.3 is 0 Å². The van der Waals surface area contributed by atoms with Crippen LogP contribution in [0, 0.1) is 13.8 Å². The van der Waals surface area contributed by atoms with E-state index in [1.807, 2.05) is 0 Å². The molecule has 0 spiro atoms. The fraction of sp³-hybridized carbons (Fsp3) is 0.250. The molecule has 1 aromatic rings. The fourth-order valence-corrected chi connectivity index (χ4v) is 1.52. The quantitative estimate of drug-likeness (QED) is 0.465. The first kappa shape index (κ1) is 16.3. The van der Waals surface area contributed by atoms with Crippen molar-refractivity contribution in [2.45, 2.75) is 6.92 Å². The summed E-state index contributed by atoms with van der Waals surface area (Å²) < 4.78 is 1.68. The average Bonchev–Trinajstić information content (AvgIpc) is 2.44. The van der Waals surface area contributed by atoms with Crippen LogP contribution >= 0.6 is 0 Å². The molecule has 0 N–H and O–H groups in total. The third-order valence-electron chi connectivity index (χ3n) is 2.18. The standard InChI is InChI=1S/C12H13N6O.W/c1-5-18(7-11(19)14-4)10-6-9(2)16-12(17-10)15-8-13-3;/h1,3,6,8H,4-5,7H2,2H3;/q-1;. The molecule has 0 aliphatic heterocycles. The molecule has 2 radical (unpaired) electrons. The van der Waals surface area contributed by atoms with E-state index in [-0.39, 0.29) is 24.9 Å². The van der Waals surface area contributed by atoms with Gasteiger partial charge in [-0.25, -0.2) is 0 Å². The van der Waals surface area contributed by atoms with E-state index in [0.717, 1.165) is 0 Å². The summed E-state index contributed by atoms with van der Waals surface area (Å²) in [6, 6.07) is 1.72. The van der Waals surface area contributed by atoms with E-state index in [1.54, 1.807) is 22.4 Å². The minimum atomic E-state index is -0.379. The van der Waals surface area contributed by atoms with Gasteiger partial charge >= 0.3 is 128 Å². The molecule has 1 amide bonds. The van der Waals surface area contributed by atoms with E-state index in [4.69, 9.17) is 6.92 Å². The molecule has 1 rings (SSSR count). The van der Waals surface area contributed by atoms with Crippen LogP contribution in [-0.2, 0) is 24.1 Å². The first-order valence-electron chi connectivity index (χ1n) is 5.57. The van der Waals surface area contributed by atoms with Gasteiger partial charge in [-0.15, -0.1) is 0 Å². The Morgan fingerprint density at radius 2 is 2.40 bits per heavy atom. The van der Waals surface area contributed by atoms with Crippen molar-refractivity contribution in [2.24, 2.45) is 9.98 Å². The fourth-order valence-electron chi connectivity index (χ4n) is 1.32. The average molecular weight is 441 g/mol. The second kappa shape index (κ2) is 8.43. The summed E-state index contributed by atoms with van der Waals surface area (Å²) in [5.41, 5.74) is 0.714. The summed E-state index contributed by atoms with van der Waals surface area (Å²) in [5, 5.41) is 4.01. The number of hydrogen-bond acceptors (Lipinski definition) is 5. The monoisotopic (exact) mass is 441 g/mol. The summed E-state index contributed by atoms with van der Waals surface area (Å²) in [7, 11) is 0. The maximum atomic E-state index is 11.3. The molecule has 0 unspecified atom stereocenters. The predicted octanol–water partition coefficient (Wildman–Crippen LogP) is 0.870. The molecule has 0 atom stereocenters. The zero-order chi connectivity index (χ0) is 15.0. The third kappa shape index (κ3) is 5.09. The Morgan fingerprint density at radius 1 is 1.65 bits per heavy atom. The molecule has 20 heavy (non-hydrogen) atoms. The van der Waals surface area contributed by atoms with E-state index in [1.165, 1.54) is 25.7 Å². The number of aliphatic imine (C=N–C) groups is 2. The van der Waals surface area contributed by atoms with Crippen molar-refractivity contribution in [1.29, 1.82) is 0 Å². The van der Waals surface area contributed by atoms with Crippen LogP contribution in [0.3, 0.4) is 0 Å². The van der Waals surface area contributed by atoms with Crippen LogP contribution in [0.5, 0.6) is 0 Å². The zero-order valence-electron chi connectivity index (χ0n) is 10.9. The van der Waals surface area contributed by atoms with E-state index in [9.17, 15) is 4.79 Å². The van der Waals surface area contributed by atoms with Gasteiger partial charge in [0.1, 0.15) is 0 Å². The molecule has 1 heterocycles. The van der Waals surface area contributed by atoms with Crippen LogP contribution in [-0.4, -0.2) is 46.5 Å². The van der Waals surface area contributed by atoms with Crippen molar-refractivity contribution < 1.29 is 24.1 Å². The number of carbonyl (C=O) groups is 1. The van der Waals surface area contributed by atoms with Crippen molar-refractivity contribution in [3.8, 4) is 0 Å². The summed E-state index contributed by atoms with van der Waals surface area (Å²) in [6.07, 6.45) is 1.37. The summed E-state index contributed by atoms with van der Waals surface area (Å²) in [6.45, 7) is 10.7. The van der Waals surface area contributed by atoms with Crippen LogP contribution in [0.15, 0.2) is 16.1 Å². The van der Waals surface area contributed by atoms with Crippen LogP contribution in [0.4, 0.5) is 11.8 Å². The van der Waals surface area contributed by atoms with Gasteiger partial charge in [0.2, 0.25) is 0 Å². The van der Waals surface area contributed by atoms with E-state index in [2.05, 4.69) is 32.0 Å². The molecular weight excluding hydrogens is 428 g/mol. The molecule has 0 fully saturated rings. The number of nitrogens with zero attached hydrogens (tertiary/aromatic N) is 6. The molecule has 0 saturated carbocycles. The molecule has 0 aliphatic rings. The Morgan fingerprint density at radius 3 is 3.00 bits per heavy atom. The van der Waals surface area contributed by atoms with E-state index < -0.39 is 0 Å². The number of aromatic nitrogens is 2. The van der Waals surface area contributed by atoms with Gasteiger partial charge in [0.25, 0.3) is 0 Å². The molecule has 104 valence electrons. The molecule has 0 saturated heterocycles. The molecule has 1 aromatic heterocycles. The Kier molecular flexibility index (Phi) is 6.87. The number of amides is 1. The van der Waals surface area contributed by atoms with E-state index >= 15 is 0 Å². The number of aryl methyl sites for hydroxylation is 1. The van der Waals surface area contributed by atoms with Gasteiger partial charge in [-0.2, -0.15) is 0 Å². The van der Waals surface area contributed by atoms with Gasteiger partial charge in [0.15, 0.2) is 0 Å². The minimum absolute atomic E-state index is 0.0100. The van der Waals surface area contributed by atoms with Crippen molar-refractivity contribution in [1.82, 2.24) is 9.97 Å².